The van der Waals surface area contributed by atoms with Crippen LogP contribution in [-0.4, -0.2) is 47.3 Å². The summed E-state index contributed by atoms with van der Waals surface area (Å²) in [5.41, 5.74) is 0.904. The molecule has 1 fully saturated rings. The molecule has 1 aromatic carbocycles. The van der Waals surface area contributed by atoms with E-state index in [-0.39, 0.29) is 5.60 Å². The minimum atomic E-state index is -0.226. The molecule has 5 heteroatoms. The van der Waals surface area contributed by atoms with Gasteiger partial charge < -0.3 is 14.5 Å². The second-order valence-corrected chi connectivity index (χ2v) is 5.53. The molecule has 1 N–H and O–H groups in total. The molecule has 0 amide bonds. The molecule has 5 nitrogen and oxygen atoms in total. The summed E-state index contributed by atoms with van der Waals surface area (Å²) in [7, 11) is 1.77. The van der Waals surface area contributed by atoms with Crippen molar-refractivity contribution in [1.29, 1.82) is 0 Å². The van der Waals surface area contributed by atoms with Gasteiger partial charge in [-0.3, -0.25) is 4.90 Å². The molecule has 1 aromatic heterocycles. The standard InChI is InChI=1S/C16H21N3O2/c1-20-16(12-21-15-5-3-2-4-6-15)7-8-19(11-16)10-14-9-17-13-18-14/h2-6,9,13H,7-8,10-12H2,1H3,(H,17,18)/t16-/m0/s1. The summed E-state index contributed by atoms with van der Waals surface area (Å²) in [6.07, 6.45) is 4.56. The molecule has 0 spiro atoms. The van der Waals surface area contributed by atoms with E-state index in [4.69, 9.17) is 9.47 Å². The van der Waals surface area contributed by atoms with Crippen molar-refractivity contribution in [3.63, 3.8) is 0 Å². The van der Waals surface area contributed by atoms with E-state index in [1.54, 1.807) is 13.4 Å². The molecular weight excluding hydrogens is 266 g/mol. The van der Waals surface area contributed by atoms with Gasteiger partial charge in [-0.1, -0.05) is 18.2 Å². The Morgan fingerprint density at radius 1 is 1.33 bits per heavy atom. The molecular formula is C16H21N3O2. The maximum Gasteiger partial charge on any atom is 0.119 e. The second kappa shape index (κ2) is 6.28. The van der Waals surface area contributed by atoms with Gasteiger partial charge in [0.15, 0.2) is 0 Å². The topological polar surface area (TPSA) is 50.4 Å². The van der Waals surface area contributed by atoms with Crippen LogP contribution in [0.25, 0.3) is 0 Å². The van der Waals surface area contributed by atoms with Gasteiger partial charge in [0.1, 0.15) is 18.0 Å². The molecule has 0 bridgehead atoms. The molecule has 2 aromatic rings. The first-order valence-electron chi connectivity index (χ1n) is 7.22. The van der Waals surface area contributed by atoms with Gasteiger partial charge in [0.2, 0.25) is 0 Å². The quantitative estimate of drug-likeness (QED) is 0.884. The Labute approximate surface area is 124 Å². The van der Waals surface area contributed by atoms with Crippen molar-refractivity contribution in [2.24, 2.45) is 0 Å². The summed E-state index contributed by atoms with van der Waals surface area (Å²) in [5.74, 6) is 0.890. The van der Waals surface area contributed by atoms with Crippen LogP contribution in [-0.2, 0) is 11.3 Å². The number of hydrogen-bond acceptors (Lipinski definition) is 4. The fourth-order valence-electron chi connectivity index (χ4n) is 2.75. The number of methoxy groups -OCH3 is 1. The molecule has 0 radical (unpaired) electrons. The lowest BCUT2D eigenvalue weighted by Crippen LogP contribution is -2.41. The highest BCUT2D eigenvalue weighted by Gasteiger charge is 2.39. The van der Waals surface area contributed by atoms with Gasteiger partial charge in [0.25, 0.3) is 0 Å². The van der Waals surface area contributed by atoms with Crippen molar-refractivity contribution in [3.05, 3.63) is 48.5 Å². The van der Waals surface area contributed by atoms with E-state index < -0.39 is 0 Å². The van der Waals surface area contributed by atoms with Crippen LogP contribution in [0.2, 0.25) is 0 Å². The molecule has 1 aliphatic rings. The van der Waals surface area contributed by atoms with Crippen LogP contribution in [0, 0.1) is 0 Å². The van der Waals surface area contributed by atoms with Crippen molar-refractivity contribution in [1.82, 2.24) is 14.9 Å². The number of aromatic amines is 1. The summed E-state index contributed by atoms with van der Waals surface area (Å²) in [6, 6.07) is 9.89. The Morgan fingerprint density at radius 2 is 2.19 bits per heavy atom. The van der Waals surface area contributed by atoms with E-state index in [0.29, 0.717) is 6.61 Å². The molecule has 0 unspecified atom stereocenters. The van der Waals surface area contributed by atoms with Crippen LogP contribution in [0.1, 0.15) is 12.1 Å². The highest BCUT2D eigenvalue weighted by Crippen LogP contribution is 2.27. The smallest absolute Gasteiger partial charge is 0.119 e. The number of benzene rings is 1. The van der Waals surface area contributed by atoms with Crippen molar-refractivity contribution in [2.75, 3.05) is 26.8 Å². The maximum absolute atomic E-state index is 5.90. The summed E-state index contributed by atoms with van der Waals surface area (Å²) >= 11 is 0. The van der Waals surface area contributed by atoms with Gasteiger partial charge in [0.05, 0.1) is 6.33 Å². The van der Waals surface area contributed by atoms with E-state index in [1.807, 2.05) is 36.5 Å². The zero-order valence-corrected chi connectivity index (χ0v) is 12.3. The first-order valence-corrected chi connectivity index (χ1v) is 7.22. The Kier molecular flexibility index (Phi) is 4.22. The van der Waals surface area contributed by atoms with Crippen LogP contribution in [0.15, 0.2) is 42.9 Å². The number of aromatic nitrogens is 2. The lowest BCUT2D eigenvalue weighted by atomic mass is 10.0. The predicted molar refractivity (Wildman–Crippen MR) is 80.2 cm³/mol. The largest absolute Gasteiger partial charge is 0.491 e. The number of ether oxygens (including phenoxy) is 2. The Balaban J connectivity index is 1.57. The molecule has 3 rings (SSSR count). The first-order chi connectivity index (χ1) is 10.3. The molecule has 0 saturated carbocycles. The normalized spacial score (nSPS) is 22.5. The highest BCUT2D eigenvalue weighted by atomic mass is 16.5. The van der Waals surface area contributed by atoms with Gasteiger partial charge in [-0.05, 0) is 18.6 Å². The van der Waals surface area contributed by atoms with Crippen molar-refractivity contribution in [3.8, 4) is 5.75 Å². The third kappa shape index (κ3) is 3.43. The van der Waals surface area contributed by atoms with E-state index in [1.165, 1.54) is 0 Å². The van der Waals surface area contributed by atoms with Crippen molar-refractivity contribution < 1.29 is 9.47 Å². The van der Waals surface area contributed by atoms with Crippen LogP contribution in [0.5, 0.6) is 5.75 Å². The summed E-state index contributed by atoms with van der Waals surface area (Å²) < 4.78 is 11.7. The van der Waals surface area contributed by atoms with Crippen molar-refractivity contribution in [2.45, 2.75) is 18.6 Å². The van der Waals surface area contributed by atoms with Crippen LogP contribution >= 0.6 is 0 Å². The zero-order chi connectivity index (χ0) is 14.5. The van der Waals surface area contributed by atoms with Gasteiger partial charge >= 0.3 is 0 Å². The number of likely N-dealkylation sites (tertiary alicyclic amines) is 1. The van der Waals surface area contributed by atoms with E-state index in [2.05, 4.69) is 14.9 Å². The number of imidazole rings is 1. The maximum atomic E-state index is 5.90. The average molecular weight is 287 g/mol. The molecule has 1 saturated heterocycles. The van der Waals surface area contributed by atoms with Gasteiger partial charge in [-0.15, -0.1) is 0 Å². The number of hydrogen-bond donors (Lipinski definition) is 1. The second-order valence-electron chi connectivity index (χ2n) is 5.53. The number of H-pyrrole nitrogens is 1. The van der Waals surface area contributed by atoms with Gasteiger partial charge in [-0.2, -0.15) is 0 Å². The fourth-order valence-corrected chi connectivity index (χ4v) is 2.75. The third-order valence-corrected chi connectivity index (χ3v) is 4.02. The van der Waals surface area contributed by atoms with E-state index >= 15 is 0 Å². The Hall–Kier alpha value is -1.85. The van der Waals surface area contributed by atoms with Crippen LogP contribution in [0.4, 0.5) is 0 Å². The Bertz CT molecular complexity index is 544. The summed E-state index contributed by atoms with van der Waals surface area (Å²) in [6.45, 7) is 3.32. The van der Waals surface area contributed by atoms with Crippen molar-refractivity contribution >= 4 is 0 Å². The number of nitrogens with zero attached hydrogens (tertiary/aromatic N) is 2. The van der Waals surface area contributed by atoms with Crippen LogP contribution in [0.3, 0.4) is 0 Å². The number of rotatable bonds is 6. The van der Waals surface area contributed by atoms with Crippen LogP contribution < -0.4 is 4.74 Å². The lowest BCUT2D eigenvalue weighted by Gasteiger charge is -2.28. The fraction of sp³-hybridized carbons (Fsp3) is 0.438. The van der Waals surface area contributed by atoms with E-state index in [9.17, 15) is 0 Å². The molecule has 2 heterocycles. The SMILES string of the molecule is CO[C@@]1(COc2ccccc2)CCN(Cc2cnc[nH]2)C1. The monoisotopic (exact) mass is 287 g/mol. The minimum Gasteiger partial charge on any atom is -0.491 e. The summed E-state index contributed by atoms with van der Waals surface area (Å²) in [5, 5.41) is 0. The van der Waals surface area contributed by atoms with E-state index in [0.717, 1.165) is 37.5 Å². The molecule has 21 heavy (non-hydrogen) atoms. The van der Waals surface area contributed by atoms with Gasteiger partial charge in [-0.25, -0.2) is 4.98 Å². The number of para-hydroxylation sites is 1. The highest BCUT2D eigenvalue weighted by molar-refractivity contribution is 5.21. The minimum absolute atomic E-state index is 0.226. The molecule has 0 aliphatic carbocycles. The molecule has 1 aliphatic heterocycles. The third-order valence-electron chi connectivity index (χ3n) is 4.02. The average Bonchev–Trinajstić information content (AvgIpc) is 3.17. The zero-order valence-electron chi connectivity index (χ0n) is 12.3. The molecule has 1 atom stereocenters. The summed E-state index contributed by atoms with van der Waals surface area (Å²) in [4.78, 5) is 9.57. The Morgan fingerprint density at radius 3 is 2.90 bits per heavy atom. The van der Waals surface area contributed by atoms with Gasteiger partial charge in [0, 0.05) is 38.6 Å². The number of nitrogens with one attached hydrogen (secondary N) is 1. The first kappa shape index (κ1) is 14.1. The predicted octanol–water partition coefficient (Wildman–Crippen LogP) is 2.08. The molecule has 112 valence electrons. The lowest BCUT2D eigenvalue weighted by molar-refractivity contribution is -0.0359.